The predicted molar refractivity (Wildman–Crippen MR) is 77.7 cm³/mol. The maximum absolute atomic E-state index is 8.88. The van der Waals surface area contributed by atoms with Crippen molar-refractivity contribution in [1.82, 2.24) is 4.57 Å². The summed E-state index contributed by atoms with van der Waals surface area (Å²) in [6.45, 7) is 4.04. The van der Waals surface area contributed by atoms with Crippen molar-refractivity contribution in [2.75, 3.05) is 14.2 Å². The van der Waals surface area contributed by atoms with Crippen molar-refractivity contribution in [3.63, 3.8) is 0 Å². The van der Waals surface area contributed by atoms with E-state index in [0.717, 1.165) is 34.1 Å². The van der Waals surface area contributed by atoms with E-state index >= 15 is 0 Å². The van der Waals surface area contributed by atoms with E-state index in [4.69, 9.17) is 14.7 Å². The van der Waals surface area contributed by atoms with E-state index in [1.165, 1.54) is 0 Å². The van der Waals surface area contributed by atoms with Gasteiger partial charge < -0.3 is 14.0 Å². The SMILES string of the molecule is COc1ccc(-n2c(C)cc(CC#N)c2C)c(OC)c1. The summed E-state index contributed by atoms with van der Waals surface area (Å²) in [6.07, 6.45) is 0.415. The zero-order valence-corrected chi connectivity index (χ0v) is 12.2. The Hall–Kier alpha value is -2.41. The second-order valence-electron chi connectivity index (χ2n) is 4.60. The molecule has 4 nitrogen and oxygen atoms in total. The third kappa shape index (κ3) is 2.35. The van der Waals surface area contributed by atoms with Crippen LogP contribution in [0.2, 0.25) is 0 Å². The lowest BCUT2D eigenvalue weighted by Gasteiger charge is -2.15. The molecular formula is C16H18N2O2. The lowest BCUT2D eigenvalue weighted by Crippen LogP contribution is -2.02. The second-order valence-corrected chi connectivity index (χ2v) is 4.60. The summed E-state index contributed by atoms with van der Waals surface area (Å²) in [5.74, 6) is 1.50. The zero-order chi connectivity index (χ0) is 14.7. The molecule has 0 amide bonds. The fraction of sp³-hybridized carbons (Fsp3) is 0.312. The Morgan fingerprint density at radius 3 is 2.50 bits per heavy atom. The molecule has 0 fully saturated rings. The maximum atomic E-state index is 8.88. The van der Waals surface area contributed by atoms with E-state index in [1.807, 2.05) is 38.1 Å². The van der Waals surface area contributed by atoms with Gasteiger partial charge in [0.2, 0.25) is 0 Å². The van der Waals surface area contributed by atoms with Crippen LogP contribution in [0.15, 0.2) is 24.3 Å². The van der Waals surface area contributed by atoms with Gasteiger partial charge in [-0.3, -0.25) is 0 Å². The molecule has 0 N–H and O–H groups in total. The summed E-state index contributed by atoms with van der Waals surface area (Å²) in [7, 11) is 3.27. The number of benzene rings is 1. The highest BCUT2D eigenvalue weighted by Crippen LogP contribution is 2.31. The standard InChI is InChI=1S/C16H18N2O2/c1-11-9-13(7-8-17)12(2)18(11)15-6-5-14(19-3)10-16(15)20-4/h5-6,9-10H,7H2,1-4H3. The predicted octanol–water partition coefficient (Wildman–Crippen LogP) is 3.18. The molecule has 0 aliphatic carbocycles. The van der Waals surface area contributed by atoms with Crippen molar-refractivity contribution >= 4 is 0 Å². The van der Waals surface area contributed by atoms with E-state index in [9.17, 15) is 0 Å². The number of hydrogen-bond acceptors (Lipinski definition) is 3. The van der Waals surface area contributed by atoms with E-state index in [1.54, 1.807) is 14.2 Å². The van der Waals surface area contributed by atoms with Crippen LogP contribution in [0.4, 0.5) is 0 Å². The number of aryl methyl sites for hydroxylation is 1. The van der Waals surface area contributed by atoms with Crippen LogP contribution < -0.4 is 9.47 Å². The van der Waals surface area contributed by atoms with Crippen molar-refractivity contribution in [2.45, 2.75) is 20.3 Å². The topological polar surface area (TPSA) is 47.2 Å². The maximum Gasteiger partial charge on any atom is 0.146 e. The molecule has 2 aromatic rings. The van der Waals surface area contributed by atoms with E-state index in [0.29, 0.717) is 6.42 Å². The third-order valence-corrected chi connectivity index (χ3v) is 3.43. The molecule has 0 aliphatic heterocycles. The van der Waals surface area contributed by atoms with Crippen LogP contribution in [-0.4, -0.2) is 18.8 Å². The molecule has 0 radical (unpaired) electrons. The van der Waals surface area contributed by atoms with Crippen LogP contribution in [0.3, 0.4) is 0 Å². The summed E-state index contributed by atoms with van der Waals surface area (Å²) in [5.41, 5.74) is 4.14. The van der Waals surface area contributed by atoms with Crippen molar-refractivity contribution in [1.29, 1.82) is 5.26 Å². The largest absolute Gasteiger partial charge is 0.497 e. The molecule has 0 atom stereocenters. The van der Waals surface area contributed by atoms with Crippen LogP contribution in [0.1, 0.15) is 17.0 Å². The number of nitriles is 1. The molecule has 104 valence electrons. The third-order valence-electron chi connectivity index (χ3n) is 3.43. The first-order valence-corrected chi connectivity index (χ1v) is 6.39. The van der Waals surface area contributed by atoms with Crippen LogP contribution in [0.5, 0.6) is 11.5 Å². The molecule has 4 heteroatoms. The van der Waals surface area contributed by atoms with Gasteiger partial charge in [0.1, 0.15) is 11.5 Å². The molecule has 1 aromatic carbocycles. The number of hydrogen-bond donors (Lipinski definition) is 0. The molecule has 0 aliphatic rings. The Labute approximate surface area is 119 Å². The van der Waals surface area contributed by atoms with Crippen molar-refractivity contribution in [3.05, 3.63) is 41.2 Å². The van der Waals surface area contributed by atoms with Crippen molar-refractivity contribution < 1.29 is 9.47 Å². The number of ether oxygens (including phenoxy) is 2. The number of aromatic nitrogens is 1. The lowest BCUT2D eigenvalue weighted by atomic mass is 10.2. The molecule has 0 saturated heterocycles. The van der Waals surface area contributed by atoms with E-state index < -0.39 is 0 Å². The van der Waals surface area contributed by atoms with Crippen LogP contribution in [0.25, 0.3) is 5.69 Å². The zero-order valence-electron chi connectivity index (χ0n) is 12.2. The van der Waals surface area contributed by atoms with E-state index in [-0.39, 0.29) is 0 Å². The Morgan fingerprint density at radius 1 is 1.15 bits per heavy atom. The first kappa shape index (κ1) is 14.0. The van der Waals surface area contributed by atoms with Gasteiger partial charge in [-0.15, -0.1) is 0 Å². The molecule has 0 unspecified atom stereocenters. The molecule has 1 aromatic heterocycles. The quantitative estimate of drug-likeness (QED) is 0.857. The summed E-state index contributed by atoms with van der Waals surface area (Å²) in [4.78, 5) is 0. The minimum Gasteiger partial charge on any atom is -0.497 e. The second kappa shape index (κ2) is 5.70. The first-order valence-electron chi connectivity index (χ1n) is 6.39. The van der Waals surface area contributed by atoms with Gasteiger partial charge in [-0.25, -0.2) is 0 Å². The normalized spacial score (nSPS) is 10.2. The highest BCUT2D eigenvalue weighted by atomic mass is 16.5. The molecule has 20 heavy (non-hydrogen) atoms. The van der Waals surface area contributed by atoms with Gasteiger partial charge in [0.05, 0.1) is 32.4 Å². The number of rotatable bonds is 4. The molecule has 2 rings (SSSR count). The monoisotopic (exact) mass is 270 g/mol. The summed E-state index contributed by atoms with van der Waals surface area (Å²) in [6, 6.07) is 9.97. The van der Waals surface area contributed by atoms with Gasteiger partial charge in [-0.2, -0.15) is 5.26 Å². The Kier molecular flexibility index (Phi) is 3.99. The Morgan fingerprint density at radius 2 is 1.90 bits per heavy atom. The van der Waals surface area contributed by atoms with Gasteiger partial charge in [0.25, 0.3) is 0 Å². The Bertz CT molecular complexity index is 666. The van der Waals surface area contributed by atoms with Gasteiger partial charge in [0, 0.05) is 17.5 Å². The number of nitrogens with zero attached hydrogens (tertiary/aromatic N) is 2. The summed E-state index contributed by atoms with van der Waals surface area (Å²) >= 11 is 0. The van der Waals surface area contributed by atoms with Crippen molar-refractivity contribution in [2.24, 2.45) is 0 Å². The fourth-order valence-electron chi connectivity index (χ4n) is 2.43. The van der Waals surface area contributed by atoms with Crippen LogP contribution >= 0.6 is 0 Å². The minimum atomic E-state index is 0.415. The Balaban J connectivity index is 2.60. The molecule has 0 saturated carbocycles. The van der Waals surface area contributed by atoms with Gasteiger partial charge >= 0.3 is 0 Å². The van der Waals surface area contributed by atoms with Gasteiger partial charge in [0.15, 0.2) is 0 Å². The number of methoxy groups -OCH3 is 2. The van der Waals surface area contributed by atoms with Crippen molar-refractivity contribution in [3.8, 4) is 23.3 Å². The fourth-order valence-corrected chi connectivity index (χ4v) is 2.43. The average molecular weight is 270 g/mol. The highest BCUT2D eigenvalue weighted by molar-refractivity contribution is 5.54. The van der Waals surface area contributed by atoms with Crippen LogP contribution in [0, 0.1) is 25.2 Å². The molecule has 1 heterocycles. The molecular weight excluding hydrogens is 252 g/mol. The smallest absolute Gasteiger partial charge is 0.146 e. The summed E-state index contributed by atoms with van der Waals surface area (Å²) < 4.78 is 12.8. The summed E-state index contributed by atoms with van der Waals surface area (Å²) in [5, 5.41) is 8.88. The lowest BCUT2D eigenvalue weighted by molar-refractivity contribution is 0.393. The average Bonchev–Trinajstić information content (AvgIpc) is 2.73. The molecule has 0 spiro atoms. The minimum absolute atomic E-state index is 0.415. The first-order chi connectivity index (χ1) is 9.62. The van der Waals surface area contributed by atoms with Gasteiger partial charge in [-0.1, -0.05) is 0 Å². The highest BCUT2D eigenvalue weighted by Gasteiger charge is 2.14. The molecule has 0 bridgehead atoms. The van der Waals surface area contributed by atoms with Gasteiger partial charge in [-0.05, 0) is 37.6 Å². The van der Waals surface area contributed by atoms with E-state index in [2.05, 4.69) is 10.6 Å². The van der Waals surface area contributed by atoms with Crippen LogP contribution in [-0.2, 0) is 6.42 Å².